The Morgan fingerprint density at radius 2 is 1.47 bits per heavy atom. The number of aliphatic hydroxyl groups is 2. The minimum atomic E-state index is -1.51. The summed E-state index contributed by atoms with van der Waals surface area (Å²) in [5.41, 5.74) is -2.40. The second kappa shape index (κ2) is 13.2. The lowest BCUT2D eigenvalue weighted by Gasteiger charge is -2.48. The van der Waals surface area contributed by atoms with E-state index in [-0.39, 0.29) is 59.2 Å². The number of ketones is 2. The molecule has 0 saturated carbocycles. The summed E-state index contributed by atoms with van der Waals surface area (Å²) in [6.45, 7) is 5.46. The lowest BCUT2D eigenvalue weighted by atomic mass is 9.71. The van der Waals surface area contributed by atoms with Crippen molar-refractivity contribution in [2.45, 2.75) is 114 Å². The Hall–Kier alpha value is -3.14. The van der Waals surface area contributed by atoms with Crippen molar-refractivity contribution in [3.63, 3.8) is 0 Å². The molecule has 10 atom stereocenters. The van der Waals surface area contributed by atoms with Crippen molar-refractivity contribution in [1.82, 2.24) is 9.80 Å². The molecule has 0 spiro atoms. The van der Waals surface area contributed by atoms with Crippen LogP contribution in [0.4, 0.5) is 0 Å². The number of phenols is 3. The Morgan fingerprint density at radius 1 is 0.857 bits per heavy atom. The quantitative estimate of drug-likeness (QED) is 0.230. The summed E-state index contributed by atoms with van der Waals surface area (Å²) in [6, 6.07) is 3.70. The molecule has 13 heteroatoms. The monoisotopic (exact) mass is 684 g/mol. The molecule has 2 heterocycles. The summed E-state index contributed by atoms with van der Waals surface area (Å²) in [7, 11) is 7.65. The highest BCUT2D eigenvalue weighted by Crippen LogP contribution is 2.54. The van der Waals surface area contributed by atoms with Gasteiger partial charge < -0.3 is 54.3 Å². The van der Waals surface area contributed by atoms with Crippen LogP contribution >= 0.6 is 0 Å². The Balaban J connectivity index is 1.32. The van der Waals surface area contributed by atoms with Gasteiger partial charge in [-0.15, -0.1) is 0 Å². The van der Waals surface area contributed by atoms with Crippen molar-refractivity contribution < 1.29 is 54.1 Å². The first-order valence-electron chi connectivity index (χ1n) is 17.0. The van der Waals surface area contributed by atoms with Gasteiger partial charge in [0.15, 0.2) is 18.4 Å². The smallest absolute Gasteiger partial charge is 0.202 e. The van der Waals surface area contributed by atoms with E-state index in [2.05, 4.69) is 0 Å². The number of likely N-dealkylation sites (N-methyl/N-ethyl adjacent to an activating group) is 2. The number of nitrogens with zero attached hydrogens (tertiary/aromatic N) is 2. The molecule has 6 rings (SSSR count). The van der Waals surface area contributed by atoms with Gasteiger partial charge in [-0.05, 0) is 67.4 Å². The number of carbonyl (C=O) groups excluding carboxylic acids is 2. The van der Waals surface area contributed by atoms with Gasteiger partial charge in [0.25, 0.3) is 0 Å². The predicted molar refractivity (Wildman–Crippen MR) is 176 cm³/mol. The van der Waals surface area contributed by atoms with Crippen LogP contribution in [0, 0.1) is 0 Å². The van der Waals surface area contributed by atoms with Crippen molar-refractivity contribution in [1.29, 1.82) is 0 Å². The number of aliphatic hydroxyl groups excluding tert-OH is 1. The summed E-state index contributed by atoms with van der Waals surface area (Å²) in [5, 5.41) is 56.3. The molecular formula is C36H48N2O11. The molecular weight excluding hydrogens is 636 g/mol. The summed E-state index contributed by atoms with van der Waals surface area (Å²) in [5.74, 6) is -2.96. The van der Waals surface area contributed by atoms with Crippen LogP contribution in [0.5, 0.6) is 17.2 Å². The van der Waals surface area contributed by atoms with Crippen molar-refractivity contribution in [3.05, 3.63) is 51.6 Å². The molecule has 4 aliphatic rings. The van der Waals surface area contributed by atoms with Crippen LogP contribution in [0.25, 0.3) is 0 Å². The average molecular weight is 685 g/mol. The van der Waals surface area contributed by atoms with Crippen LogP contribution in [0.1, 0.15) is 95.5 Å². The molecule has 2 aliphatic heterocycles. The molecule has 0 aromatic heterocycles. The van der Waals surface area contributed by atoms with Crippen LogP contribution < -0.4 is 0 Å². The molecule has 2 aliphatic carbocycles. The van der Waals surface area contributed by atoms with Gasteiger partial charge in [-0.2, -0.15) is 0 Å². The number of carbonyl (C=O) groups is 2. The Bertz CT molecular complexity index is 1630. The van der Waals surface area contributed by atoms with E-state index in [1.165, 1.54) is 18.2 Å². The summed E-state index contributed by atoms with van der Waals surface area (Å²) >= 11 is 0. The van der Waals surface area contributed by atoms with E-state index in [1.807, 2.05) is 51.8 Å². The minimum Gasteiger partial charge on any atom is -0.507 e. The van der Waals surface area contributed by atoms with Crippen molar-refractivity contribution in [2.75, 3.05) is 28.2 Å². The van der Waals surface area contributed by atoms with Crippen LogP contribution in [0.15, 0.2) is 18.2 Å². The first kappa shape index (κ1) is 35.7. The van der Waals surface area contributed by atoms with Gasteiger partial charge in [0, 0.05) is 41.6 Å². The van der Waals surface area contributed by atoms with E-state index in [0.29, 0.717) is 12.8 Å². The Morgan fingerprint density at radius 3 is 2.12 bits per heavy atom. The first-order valence-corrected chi connectivity index (χ1v) is 17.0. The third kappa shape index (κ3) is 5.93. The van der Waals surface area contributed by atoms with Gasteiger partial charge in [0.1, 0.15) is 29.5 Å². The van der Waals surface area contributed by atoms with Crippen molar-refractivity contribution in [2.24, 2.45) is 0 Å². The highest BCUT2D eigenvalue weighted by Gasteiger charge is 2.51. The molecule has 49 heavy (non-hydrogen) atoms. The average Bonchev–Trinajstić information content (AvgIpc) is 3.04. The molecule has 2 saturated heterocycles. The van der Waals surface area contributed by atoms with Crippen LogP contribution in [0.3, 0.4) is 0 Å². The molecule has 2 aromatic carbocycles. The number of aromatic hydroxyl groups is 3. The van der Waals surface area contributed by atoms with Gasteiger partial charge in [-0.3, -0.25) is 9.59 Å². The molecule has 5 N–H and O–H groups in total. The molecule has 2 fully saturated rings. The van der Waals surface area contributed by atoms with E-state index >= 15 is 0 Å². The maximum absolute atomic E-state index is 13.7. The fourth-order valence-electron chi connectivity index (χ4n) is 8.06. The third-order valence-electron chi connectivity index (χ3n) is 11.0. The van der Waals surface area contributed by atoms with Gasteiger partial charge >= 0.3 is 0 Å². The van der Waals surface area contributed by atoms with E-state index in [1.54, 1.807) is 6.92 Å². The topological polar surface area (TPSA) is 179 Å². The molecule has 0 amide bonds. The second-order valence-corrected chi connectivity index (χ2v) is 14.3. The third-order valence-corrected chi connectivity index (χ3v) is 11.0. The summed E-state index contributed by atoms with van der Waals surface area (Å²) < 4.78 is 25.6. The number of hydrogen-bond donors (Lipinski definition) is 5. The second-order valence-electron chi connectivity index (χ2n) is 14.3. The standard InChI is InChI=1S/C36H48N2O11/c1-8-36(45)13-12-19-26(33(44)28-27(31(19)42)32(43)25-18(30(28)41)10-9-11-22(25)39)35(36)49-24-15-21(38(6)7)34(17(3)47-24)48-23-14-20(37(4)5)29(40)16(2)46-23/h9-11,16-17,20-21,23-24,29,34-35,39-40,42,44-45H,8,12-15H2,1-7H3/t16-,17-,20-,21-,23-,24-,29+,34+,35?,36+/m0/s1. The van der Waals surface area contributed by atoms with E-state index in [0.717, 1.165) is 0 Å². The number of ether oxygens (including phenoxy) is 4. The minimum absolute atomic E-state index is 0.0329. The molecule has 13 nitrogen and oxygen atoms in total. The fraction of sp³-hybridized carbons (Fsp3) is 0.611. The van der Waals surface area contributed by atoms with Crippen molar-refractivity contribution >= 4 is 11.6 Å². The first-order chi connectivity index (χ1) is 23.1. The molecule has 0 radical (unpaired) electrons. The lowest BCUT2D eigenvalue weighted by molar-refractivity contribution is -0.313. The summed E-state index contributed by atoms with van der Waals surface area (Å²) in [6.07, 6.45) is -3.55. The van der Waals surface area contributed by atoms with Crippen LogP contribution in [-0.2, 0) is 25.4 Å². The van der Waals surface area contributed by atoms with Gasteiger partial charge in [0.05, 0.1) is 40.6 Å². The zero-order valence-electron chi connectivity index (χ0n) is 29.0. The zero-order valence-corrected chi connectivity index (χ0v) is 29.0. The molecule has 1 unspecified atom stereocenters. The van der Waals surface area contributed by atoms with Gasteiger partial charge in [-0.1, -0.05) is 19.1 Å². The van der Waals surface area contributed by atoms with Crippen LogP contribution in [0.2, 0.25) is 0 Å². The molecule has 0 bridgehead atoms. The van der Waals surface area contributed by atoms with Gasteiger partial charge in [-0.25, -0.2) is 0 Å². The van der Waals surface area contributed by atoms with Crippen LogP contribution in [-0.4, -0.2) is 130 Å². The maximum atomic E-state index is 13.7. The Kier molecular flexibility index (Phi) is 9.61. The maximum Gasteiger partial charge on any atom is 0.202 e. The zero-order chi connectivity index (χ0) is 35.7. The van der Waals surface area contributed by atoms with Crippen molar-refractivity contribution in [3.8, 4) is 17.2 Å². The highest BCUT2D eigenvalue weighted by molar-refractivity contribution is 6.31. The van der Waals surface area contributed by atoms with E-state index in [9.17, 15) is 35.1 Å². The normalized spacial score (nSPS) is 34.6. The largest absolute Gasteiger partial charge is 0.507 e. The molecule has 268 valence electrons. The number of rotatable bonds is 7. The summed E-state index contributed by atoms with van der Waals surface area (Å²) in [4.78, 5) is 31.3. The lowest BCUT2D eigenvalue weighted by Crippen LogP contribution is -2.59. The van der Waals surface area contributed by atoms with E-state index < -0.39 is 83.1 Å². The fourth-order valence-corrected chi connectivity index (χ4v) is 8.06. The van der Waals surface area contributed by atoms with Gasteiger partial charge in [0.2, 0.25) is 5.78 Å². The number of fused-ring (bicyclic) bond motifs is 3. The number of hydrogen-bond acceptors (Lipinski definition) is 13. The SMILES string of the molecule is CC[C@@]1(O)CCc2c(O)c3c(c(O)c2C1O[C@H]1C[C@H](N(C)C)[C@H](O[C@H]2C[C@H](N(C)C)[C@H](O)[C@H](C)O2)[C@H](C)O1)C(=O)c1cccc(O)c1C3=O. The predicted octanol–water partition coefficient (Wildman–Crippen LogP) is 2.60. The number of benzene rings is 2. The van der Waals surface area contributed by atoms with E-state index in [4.69, 9.17) is 18.9 Å². The highest BCUT2D eigenvalue weighted by atomic mass is 16.7. The Labute approximate surface area is 285 Å². The number of phenolic OH excluding ortho intramolecular Hbond substituents is 3. The molecule has 2 aromatic rings.